The fraction of sp³-hybridized carbons (Fsp3) is 0.444. The van der Waals surface area contributed by atoms with Crippen LogP contribution >= 0.6 is 24.8 Å². The second-order valence-electron chi connectivity index (χ2n) is 3.10. The van der Waals surface area contributed by atoms with Crippen LogP contribution in [0.5, 0.6) is 0 Å². The maximum absolute atomic E-state index is 4.33. The SMILES string of the molecule is CC1Cc2ncccc2CN1.Cl.Cl. The van der Waals surface area contributed by atoms with Crippen molar-refractivity contribution >= 4 is 24.8 Å². The van der Waals surface area contributed by atoms with Gasteiger partial charge in [0, 0.05) is 30.9 Å². The smallest absolute Gasteiger partial charge is 0.0463 e. The number of pyridine rings is 1. The summed E-state index contributed by atoms with van der Waals surface area (Å²) in [5, 5.41) is 3.40. The third-order valence-corrected chi connectivity index (χ3v) is 2.13. The lowest BCUT2D eigenvalue weighted by Crippen LogP contribution is -2.33. The van der Waals surface area contributed by atoms with Crippen molar-refractivity contribution in [1.82, 2.24) is 10.3 Å². The van der Waals surface area contributed by atoms with Crippen molar-refractivity contribution in [3.05, 3.63) is 29.6 Å². The molecular formula is C9H14Cl2N2. The summed E-state index contributed by atoms with van der Waals surface area (Å²) in [5.41, 5.74) is 2.62. The van der Waals surface area contributed by atoms with E-state index in [1.54, 1.807) is 0 Å². The van der Waals surface area contributed by atoms with Gasteiger partial charge in [0.05, 0.1) is 0 Å². The van der Waals surface area contributed by atoms with Crippen LogP contribution in [0, 0.1) is 0 Å². The molecule has 1 N–H and O–H groups in total. The van der Waals surface area contributed by atoms with Gasteiger partial charge in [0.25, 0.3) is 0 Å². The molecule has 1 aliphatic heterocycles. The molecule has 1 atom stereocenters. The Labute approximate surface area is 91.0 Å². The molecule has 0 aliphatic carbocycles. The Morgan fingerprint density at radius 3 is 3.00 bits per heavy atom. The van der Waals surface area contributed by atoms with Gasteiger partial charge in [-0.05, 0) is 18.6 Å². The first-order valence-electron chi connectivity index (χ1n) is 4.02. The first-order chi connectivity index (χ1) is 5.36. The van der Waals surface area contributed by atoms with Crippen LogP contribution in [0.15, 0.2) is 18.3 Å². The standard InChI is InChI=1S/C9H12N2.2ClH/c1-7-5-9-8(6-11-7)3-2-4-10-9;;/h2-4,7,11H,5-6H2,1H3;2*1H. The van der Waals surface area contributed by atoms with Crippen LogP contribution in [0.3, 0.4) is 0 Å². The zero-order valence-electron chi connectivity index (χ0n) is 7.49. The summed E-state index contributed by atoms with van der Waals surface area (Å²) in [4.78, 5) is 4.33. The van der Waals surface area contributed by atoms with Gasteiger partial charge in [-0.25, -0.2) is 0 Å². The number of hydrogen-bond acceptors (Lipinski definition) is 2. The van der Waals surface area contributed by atoms with Crippen LogP contribution in [-0.4, -0.2) is 11.0 Å². The van der Waals surface area contributed by atoms with Crippen LogP contribution in [0.2, 0.25) is 0 Å². The van der Waals surface area contributed by atoms with E-state index in [-0.39, 0.29) is 24.8 Å². The third kappa shape index (κ3) is 2.83. The molecule has 0 amide bonds. The number of halogens is 2. The van der Waals surface area contributed by atoms with E-state index in [1.165, 1.54) is 11.3 Å². The molecule has 4 heteroatoms. The summed E-state index contributed by atoms with van der Waals surface area (Å²) in [7, 11) is 0. The number of fused-ring (bicyclic) bond motifs is 1. The second kappa shape index (κ2) is 5.43. The van der Waals surface area contributed by atoms with Gasteiger partial charge in [0.2, 0.25) is 0 Å². The van der Waals surface area contributed by atoms with Crippen molar-refractivity contribution in [3.63, 3.8) is 0 Å². The Hall–Kier alpha value is -0.310. The Bertz CT molecular complexity index is 266. The highest BCUT2D eigenvalue weighted by Gasteiger charge is 2.13. The van der Waals surface area contributed by atoms with Gasteiger partial charge in [-0.2, -0.15) is 0 Å². The van der Waals surface area contributed by atoms with Crippen LogP contribution < -0.4 is 5.32 Å². The summed E-state index contributed by atoms with van der Waals surface area (Å²) < 4.78 is 0. The molecule has 0 bridgehead atoms. The van der Waals surface area contributed by atoms with Crippen molar-refractivity contribution in [2.45, 2.75) is 25.9 Å². The van der Waals surface area contributed by atoms with Crippen molar-refractivity contribution in [3.8, 4) is 0 Å². The van der Waals surface area contributed by atoms with E-state index >= 15 is 0 Å². The molecule has 0 spiro atoms. The highest BCUT2D eigenvalue weighted by molar-refractivity contribution is 5.85. The lowest BCUT2D eigenvalue weighted by atomic mass is 10.0. The zero-order chi connectivity index (χ0) is 7.68. The normalized spacial score (nSPS) is 19.3. The molecule has 74 valence electrons. The van der Waals surface area contributed by atoms with E-state index in [0.717, 1.165) is 13.0 Å². The van der Waals surface area contributed by atoms with Gasteiger partial charge < -0.3 is 5.32 Å². The van der Waals surface area contributed by atoms with Gasteiger partial charge in [0.15, 0.2) is 0 Å². The van der Waals surface area contributed by atoms with Crippen LogP contribution in [-0.2, 0) is 13.0 Å². The molecule has 1 aliphatic rings. The molecule has 0 radical (unpaired) electrons. The largest absolute Gasteiger partial charge is 0.310 e. The lowest BCUT2D eigenvalue weighted by molar-refractivity contribution is 0.505. The van der Waals surface area contributed by atoms with Crippen LogP contribution in [0.4, 0.5) is 0 Å². The minimum Gasteiger partial charge on any atom is -0.310 e. The molecule has 1 aromatic rings. The van der Waals surface area contributed by atoms with Crippen LogP contribution in [0.25, 0.3) is 0 Å². The predicted octanol–water partition coefficient (Wildman–Crippen LogP) is 1.96. The predicted molar refractivity (Wildman–Crippen MR) is 58.7 cm³/mol. The summed E-state index contributed by atoms with van der Waals surface area (Å²) in [6.07, 6.45) is 2.94. The number of aromatic nitrogens is 1. The van der Waals surface area contributed by atoms with Gasteiger partial charge in [0.1, 0.15) is 0 Å². The summed E-state index contributed by atoms with van der Waals surface area (Å²) >= 11 is 0. The number of rotatable bonds is 0. The fourth-order valence-corrected chi connectivity index (χ4v) is 1.46. The molecule has 13 heavy (non-hydrogen) atoms. The van der Waals surface area contributed by atoms with Crippen molar-refractivity contribution in [2.24, 2.45) is 0 Å². The molecule has 1 unspecified atom stereocenters. The molecule has 2 heterocycles. The van der Waals surface area contributed by atoms with E-state index in [1.807, 2.05) is 12.3 Å². The minimum atomic E-state index is 0. The Morgan fingerprint density at radius 2 is 2.23 bits per heavy atom. The van der Waals surface area contributed by atoms with Crippen molar-refractivity contribution in [2.75, 3.05) is 0 Å². The second-order valence-corrected chi connectivity index (χ2v) is 3.10. The number of nitrogens with zero attached hydrogens (tertiary/aromatic N) is 1. The third-order valence-electron chi connectivity index (χ3n) is 2.13. The number of hydrogen-bond donors (Lipinski definition) is 1. The quantitative estimate of drug-likeness (QED) is 0.724. The molecule has 1 aromatic heterocycles. The average molecular weight is 221 g/mol. The first-order valence-corrected chi connectivity index (χ1v) is 4.02. The summed E-state index contributed by atoms with van der Waals surface area (Å²) in [6, 6.07) is 4.72. The van der Waals surface area contributed by atoms with Gasteiger partial charge in [-0.3, -0.25) is 4.98 Å². The van der Waals surface area contributed by atoms with Gasteiger partial charge in [-0.1, -0.05) is 6.07 Å². The maximum atomic E-state index is 4.33. The maximum Gasteiger partial charge on any atom is 0.0463 e. The molecule has 2 rings (SSSR count). The fourth-order valence-electron chi connectivity index (χ4n) is 1.46. The Kier molecular flexibility index (Phi) is 5.30. The van der Waals surface area contributed by atoms with E-state index in [9.17, 15) is 0 Å². The number of nitrogens with one attached hydrogen (secondary N) is 1. The highest BCUT2D eigenvalue weighted by atomic mass is 35.5. The summed E-state index contributed by atoms with van der Waals surface area (Å²) in [5.74, 6) is 0. The molecular weight excluding hydrogens is 207 g/mol. The van der Waals surface area contributed by atoms with Gasteiger partial charge >= 0.3 is 0 Å². The molecule has 0 aromatic carbocycles. The molecule has 0 saturated heterocycles. The van der Waals surface area contributed by atoms with E-state index in [2.05, 4.69) is 23.3 Å². The van der Waals surface area contributed by atoms with Gasteiger partial charge in [-0.15, -0.1) is 24.8 Å². The highest BCUT2D eigenvalue weighted by Crippen LogP contribution is 2.12. The van der Waals surface area contributed by atoms with Crippen molar-refractivity contribution < 1.29 is 0 Å². The first kappa shape index (κ1) is 12.7. The zero-order valence-corrected chi connectivity index (χ0v) is 9.12. The molecule has 0 saturated carbocycles. The van der Waals surface area contributed by atoms with Crippen molar-refractivity contribution in [1.29, 1.82) is 0 Å². The van der Waals surface area contributed by atoms with E-state index in [4.69, 9.17) is 0 Å². The lowest BCUT2D eigenvalue weighted by Gasteiger charge is -2.21. The minimum absolute atomic E-state index is 0. The Morgan fingerprint density at radius 1 is 1.46 bits per heavy atom. The Balaban J connectivity index is 0.000000720. The molecule has 2 nitrogen and oxygen atoms in total. The summed E-state index contributed by atoms with van der Waals surface area (Å²) in [6.45, 7) is 3.17. The van der Waals surface area contributed by atoms with E-state index in [0.29, 0.717) is 6.04 Å². The monoisotopic (exact) mass is 220 g/mol. The topological polar surface area (TPSA) is 24.9 Å². The average Bonchev–Trinajstić information content (AvgIpc) is 2.04. The van der Waals surface area contributed by atoms with E-state index < -0.39 is 0 Å². The van der Waals surface area contributed by atoms with Crippen LogP contribution in [0.1, 0.15) is 18.2 Å². The molecule has 0 fully saturated rings.